The van der Waals surface area contributed by atoms with Crippen molar-refractivity contribution in [3.05, 3.63) is 81.4 Å². The normalized spacial score (nSPS) is 13.8. The van der Waals surface area contributed by atoms with Crippen LogP contribution in [0.4, 0.5) is 21.9 Å². The molecule has 0 unspecified atom stereocenters. The number of carbonyl (C=O) groups is 3. The SMILES string of the molecule is Cc1cc(C)c(N=C=O)c(C)c1.Cc1cc(C)c(NC(=O)Nc2cc(S(C)(=O)=O)ccc2C(=O)N[C@H](C(=O)OC(C)(C)C)C2CCCCC2)c(C)c1. The molecule has 3 N–H and O–H groups in total. The van der Waals surface area contributed by atoms with Crippen LogP contribution in [0.1, 0.15) is 96.6 Å². The minimum absolute atomic E-state index is 0.00641. The Hall–Kier alpha value is -4.80. The lowest BCUT2D eigenvalue weighted by atomic mass is 9.83. The number of carbonyl (C=O) groups excluding carboxylic acids is 4. The first-order chi connectivity index (χ1) is 24.2. The molecule has 1 fully saturated rings. The summed E-state index contributed by atoms with van der Waals surface area (Å²) in [7, 11) is -3.63. The van der Waals surface area contributed by atoms with Gasteiger partial charge in [-0.05, 0) is 122 Å². The Kier molecular flexibility index (Phi) is 14.1. The third kappa shape index (κ3) is 11.9. The van der Waals surface area contributed by atoms with Crippen LogP contribution in [0, 0.1) is 47.5 Å². The first-order valence-corrected chi connectivity index (χ1v) is 19.3. The molecule has 52 heavy (non-hydrogen) atoms. The summed E-state index contributed by atoms with van der Waals surface area (Å²) >= 11 is 0. The number of nitrogens with zero attached hydrogens (tertiary/aromatic N) is 1. The van der Waals surface area contributed by atoms with Crippen molar-refractivity contribution in [2.24, 2.45) is 10.9 Å². The van der Waals surface area contributed by atoms with Gasteiger partial charge in [0.1, 0.15) is 11.6 Å². The van der Waals surface area contributed by atoms with E-state index >= 15 is 0 Å². The number of nitrogens with one attached hydrogen (secondary N) is 3. The summed E-state index contributed by atoms with van der Waals surface area (Å²) in [5.41, 5.74) is 6.69. The quantitative estimate of drug-likeness (QED) is 0.119. The fourth-order valence-electron chi connectivity index (χ4n) is 6.52. The lowest BCUT2D eigenvalue weighted by Gasteiger charge is -2.32. The average Bonchev–Trinajstić information content (AvgIpc) is 3.02. The molecule has 0 spiro atoms. The van der Waals surface area contributed by atoms with Crippen LogP contribution < -0.4 is 16.0 Å². The number of sulfone groups is 1. The van der Waals surface area contributed by atoms with Gasteiger partial charge < -0.3 is 20.7 Å². The van der Waals surface area contributed by atoms with Gasteiger partial charge in [-0.3, -0.25) is 4.79 Å². The highest BCUT2D eigenvalue weighted by molar-refractivity contribution is 7.90. The van der Waals surface area contributed by atoms with E-state index in [1.165, 1.54) is 23.8 Å². The Balaban J connectivity index is 0.000000513. The summed E-state index contributed by atoms with van der Waals surface area (Å²) in [5, 5.41) is 8.30. The summed E-state index contributed by atoms with van der Waals surface area (Å²) in [6.07, 6.45) is 7.14. The van der Waals surface area contributed by atoms with Gasteiger partial charge in [-0.25, -0.2) is 22.8 Å². The summed E-state index contributed by atoms with van der Waals surface area (Å²) < 4.78 is 30.2. The monoisotopic (exact) mass is 732 g/mol. The molecule has 3 amide bonds. The highest BCUT2D eigenvalue weighted by Crippen LogP contribution is 2.30. The second-order valence-electron chi connectivity index (χ2n) is 14.7. The lowest BCUT2D eigenvalue weighted by molar-refractivity contribution is -0.159. The van der Waals surface area contributed by atoms with E-state index in [0.29, 0.717) is 5.69 Å². The molecule has 4 rings (SSSR count). The number of anilines is 2. The highest BCUT2D eigenvalue weighted by Gasteiger charge is 2.35. The van der Waals surface area contributed by atoms with E-state index in [9.17, 15) is 27.6 Å². The largest absolute Gasteiger partial charge is 0.458 e. The maximum atomic E-state index is 13.6. The molecule has 0 aromatic heterocycles. The van der Waals surface area contributed by atoms with E-state index in [-0.39, 0.29) is 22.1 Å². The van der Waals surface area contributed by atoms with E-state index in [1.807, 2.05) is 65.8 Å². The molecule has 1 aliphatic carbocycles. The van der Waals surface area contributed by atoms with Crippen molar-refractivity contribution in [3.63, 3.8) is 0 Å². The second kappa shape index (κ2) is 17.6. The third-order valence-electron chi connectivity index (χ3n) is 8.69. The lowest BCUT2D eigenvalue weighted by Crippen LogP contribution is -2.49. The molecule has 1 saturated carbocycles. The van der Waals surface area contributed by atoms with Gasteiger partial charge >= 0.3 is 12.0 Å². The number of esters is 1. The number of ether oxygens (including phenoxy) is 1. The van der Waals surface area contributed by atoms with Gasteiger partial charge in [-0.1, -0.05) is 54.7 Å². The third-order valence-corrected chi connectivity index (χ3v) is 9.80. The zero-order valence-electron chi connectivity index (χ0n) is 31.9. The number of amides is 3. The van der Waals surface area contributed by atoms with Crippen LogP contribution in [0.5, 0.6) is 0 Å². The summed E-state index contributed by atoms with van der Waals surface area (Å²) in [4.78, 5) is 53.5. The van der Waals surface area contributed by atoms with Gasteiger partial charge in [0.05, 0.1) is 21.8 Å². The number of urea groups is 1. The minimum Gasteiger partial charge on any atom is -0.458 e. The first-order valence-electron chi connectivity index (χ1n) is 17.4. The van der Waals surface area contributed by atoms with Gasteiger partial charge in [-0.15, -0.1) is 0 Å². The first kappa shape index (κ1) is 41.6. The van der Waals surface area contributed by atoms with Crippen molar-refractivity contribution in [2.75, 3.05) is 16.9 Å². The molecule has 11 nitrogen and oxygen atoms in total. The Morgan fingerprint density at radius 2 is 1.37 bits per heavy atom. The number of benzene rings is 3. The molecule has 0 saturated heterocycles. The van der Waals surface area contributed by atoms with E-state index < -0.39 is 39.4 Å². The van der Waals surface area contributed by atoms with E-state index in [0.717, 1.165) is 71.9 Å². The fraction of sp³-hybridized carbons (Fsp3) is 0.450. The van der Waals surface area contributed by atoms with Crippen molar-refractivity contribution in [2.45, 2.75) is 111 Å². The maximum Gasteiger partial charge on any atom is 0.329 e. The van der Waals surface area contributed by atoms with E-state index in [4.69, 9.17) is 4.74 Å². The Morgan fingerprint density at radius 1 is 0.827 bits per heavy atom. The number of isocyanates is 1. The van der Waals surface area contributed by atoms with Crippen LogP contribution in [-0.2, 0) is 24.2 Å². The fourth-order valence-corrected chi connectivity index (χ4v) is 7.16. The van der Waals surface area contributed by atoms with Gasteiger partial charge in [-0.2, -0.15) is 4.99 Å². The zero-order chi connectivity index (χ0) is 39.0. The Morgan fingerprint density at radius 3 is 1.87 bits per heavy atom. The maximum absolute atomic E-state index is 13.6. The topological polar surface area (TPSA) is 160 Å². The molecule has 0 radical (unpaired) electrons. The van der Waals surface area contributed by atoms with Crippen LogP contribution in [-0.4, -0.2) is 50.3 Å². The molecule has 0 heterocycles. The number of aryl methyl sites for hydroxylation is 6. The van der Waals surface area contributed by atoms with Crippen LogP contribution in [0.25, 0.3) is 0 Å². The molecule has 0 aliphatic heterocycles. The summed E-state index contributed by atoms with van der Waals surface area (Å²) in [6, 6.07) is 10.3. The van der Waals surface area contributed by atoms with Crippen molar-refractivity contribution < 1.29 is 32.3 Å². The van der Waals surface area contributed by atoms with Crippen LogP contribution in [0.2, 0.25) is 0 Å². The molecule has 280 valence electrons. The molecule has 3 aromatic carbocycles. The minimum atomic E-state index is -3.63. The number of rotatable bonds is 8. The van der Waals surface area contributed by atoms with Gasteiger partial charge in [0, 0.05) is 11.9 Å². The molecule has 1 atom stereocenters. The predicted molar refractivity (Wildman–Crippen MR) is 205 cm³/mol. The van der Waals surface area contributed by atoms with Crippen molar-refractivity contribution in [3.8, 4) is 0 Å². The van der Waals surface area contributed by atoms with Crippen molar-refractivity contribution in [1.82, 2.24) is 5.32 Å². The molecule has 0 bridgehead atoms. The van der Waals surface area contributed by atoms with Gasteiger partial charge in [0.25, 0.3) is 5.91 Å². The average molecular weight is 733 g/mol. The predicted octanol–water partition coefficient (Wildman–Crippen LogP) is 8.26. The Bertz CT molecular complexity index is 1920. The molecule has 12 heteroatoms. The standard InChI is InChI=1S/C30H41N3O6S.C10H11NO/c1-18-15-19(2)25(20(3)16-18)33-29(36)31-24-17-22(40(7,37)38)13-14-23(24)27(34)32-26(21-11-9-8-10-12-21)28(35)39-30(4,5)6;1-7-4-8(2)10(11-6-12)9(3)5-7/h13-17,21,26H,8-12H2,1-7H3,(H,32,34)(H2,31,33,36);4-5H,1-3H3/t26-;/m0./s1. The molecule has 1 aliphatic rings. The number of aliphatic imine (C=N–C) groups is 1. The molecular weight excluding hydrogens is 681 g/mol. The summed E-state index contributed by atoms with van der Waals surface area (Å²) in [6.45, 7) is 16.9. The molecule has 3 aromatic rings. The van der Waals surface area contributed by atoms with Crippen LogP contribution in [0.15, 0.2) is 52.4 Å². The second-order valence-corrected chi connectivity index (χ2v) is 16.7. The van der Waals surface area contributed by atoms with E-state index in [1.54, 1.807) is 26.9 Å². The zero-order valence-corrected chi connectivity index (χ0v) is 32.8. The Labute approximate surface area is 308 Å². The summed E-state index contributed by atoms with van der Waals surface area (Å²) in [5.74, 6) is -1.22. The van der Waals surface area contributed by atoms with Crippen LogP contribution in [0.3, 0.4) is 0 Å². The molecular formula is C40H52N4O7S. The smallest absolute Gasteiger partial charge is 0.329 e. The van der Waals surface area contributed by atoms with Crippen LogP contribution >= 0.6 is 0 Å². The van der Waals surface area contributed by atoms with E-state index in [2.05, 4.69) is 20.9 Å². The van der Waals surface area contributed by atoms with Crippen molar-refractivity contribution >= 4 is 50.9 Å². The van der Waals surface area contributed by atoms with Crippen molar-refractivity contribution in [1.29, 1.82) is 0 Å². The van der Waals surface area contributed by atoms with Gasteiger partial charge in [0.2, 0.25) is 6.08 Å². The highest BCUT2D eigenvalue weighted by atomic mass is 32.2. The number of hydrogen-bond donors (Lipinski definition) is 3. The number of hydrogen-bond acceptors (Lipinski definition) is 8. The van der Waals surface area contributed by atoms with Gasteiger partial charge in [0.15, 0.2) is 9.84 Å².